The number of amides is 2. The number of aromatic amines is 1. The molecular formula is C25H14N6O4. The molecule has 3 aromatic carbocycles. The molecule has 3 heterocycles. The molecule has 0 fully saturated rings. The third kappa shape index (κ3) is 3.00. The molecule has 0 aliphatic carbocycles. The van der Waals surface area contributed by atoms with Crippen LogP contribution in [-0.2, 0) is 0 Å². The highest BCUT2D eigenvalue weighted by Gasteiger charge is 2.44. The lowest BCUT2D eigenvalue weighted by atomic mass is 9.97. The Morgan fingerprint density at radius 1 is 0.771 bits per heavy atom. The second-order valence-electron chi connectivity index (χ2n) is 7.83. The molecule has 10 heteroatoms. The zero-order valence-electron chi connectivity index (χ0n) is 17.9. The Balaban J connectivity index is 1.64. The first-order valence-electron chi connectivity index (χ1n) is 10.6. The van der Waals surface area contributed by atoms with E-state index < -0.39 is 22.4 Å². The summed E-state index contributed by atoms with van der Waals surface area (Å²) in [5.41, 5.74) is 2.24. The van der Waals surface area contributed by atoms with E-state index in [0.29, 0.717) is 16.6 Å². The molecule has 0 atom stereocenters. The molecule has 1 N–H and O–H groups in total. The zero-order valence-corrected chi connectivity index (χ0v) is 17.9. The minimum Gasteiger partial charge on any atom is -0.268 e. The van der Waals surface area contributed by atoms with Crippen LogP contribution < -0.4 is 4.90 Å². The zero-order chi connectivity index (χ0) is 24.1. The van der Waals surface area contributed by atoms with Crippen LogP contribution in [0.1, 0.15) is 20.7 Å². The number of nitrogens with zero attached hydrogens (tertiary/aromatic N) is 5. The summed E-state index contributed by atoms with van der Waals surface area (Å²) in [6.07, 6.45) is 0. The van der Waals surface area contributed by atoms with Crippen LogP contribution in [0.4, 0.5) is 11.5 Å². The van der Waals surface area contributed by atoms with Gasteiger partial charge in [0.2, 0.25) is 0 Å². The highest BCUT2D eigenvalue weighted by atomic mass is 16.6. The van der Waals surface area contributed by atoms with Gasteiger partial charge >= 0.3 is 0 Å². The van der Waals surface area contributed by atoms with E-state index in [-0.39, 0.29) is 22.6 Å². The average molecular weight is 462 g/mol. The third-order valence-electron chi connectivity index (χ3n) is 5.88. The van der Waals surface area contributed by atoms with Crippen LogP contribution in [0, 0.1) is 10.1 Å². The molecule has 6 rings (SSSR count). The molecule has 168 valence electrons. The minimum atomic E-state index is -0.817. The van der Waals surface area contributed by atoms with E-state index in [0.717, 1.165) is 16.0 Å². The van der Waals surface area contributed by atoms with Gasteiger partial charge in [0.25, 0.3) is 17.5 Å². The summed E-state index contributed by atoms with van der Waals surface area (Å²) < 4.78 is 0. The molecule has 0 unspecified atom stereocenters. The smallest absolute Gasteiger partial charge is 0.268 e. The summed E-state index contributed by atoms with van der Waals surface area (Å²) in [6, 6.07) is 22.7. The van der Waals surface area contributed by atoms with Crippen molar-refractivity contribution in [2.45, 2.75) is 0 Å². The lowest BCUT2D eigenvalue weighted by Crippen LogP contribution is -2.30. The Morgan fingerprint density at radius 3 is 2.14 bits per heavy atom. The van der Waals surface area contributed by atoms with Crippen LogP contribution in [-0.4, -0.2) is 37.1 Å². The van der Waals surface area contributed by atoms with E-state index in [1.54, 1.807) is 0 Å². The number of carbonyl (C=O) groups is 2. The van der Waals surface area contributed by atoms with Crippen LogP contribution in [0.3, 0.4) is 0 Å². The van der Waals surface area contributed by atoms with Gasteiger partial charge in [-0.2, -0.15) is 5.10 Å². The van der Waals surface area contributed by atoms with Gasteiger partial charge in [0.15, 0.2) is 11.5 Å². The summed E-state index contributed by atoms with van der Waals surface area (Å²) in [6.45, 7) is 0. The number of anilines is 1. The molecule has 0 spiro atoms. The Bertz CT molecular complexity index is 1660. The third-order valence-corrected chi connectivity index (χ3v) is 5.88. The summed E-state index contributed by atoms with van der Waals surface area (Å²) in [7, 11) is 0. The number of hydrogen-bond acceptors (Lipinski definition) is 7. The molecule has 0 saturated carbocycles. The van der Waals surface area contributed by atoms with Crippen LogP contribution in [0.5, 0.6) is 0 Å². The van der Waals surface area contributed by atoms with Gasteiger partial charge in [-0.3, -0.25) is 24.8 Å². The van der Waals surface area contributed by atoms with Crippen molar-refractivity contribution in [3.63, 3.8) is 0 Å². The van der Waals surface area contributed by atoms with Crippen molar-refractivity contribution in [1.29, 1.82) is 0 Å². The second-order valence-corrected chi connectivity index (χ2v) is 7.83. The van der Waals surface area contributed by atoms with E-state index >= 15 is 0 Å². The van der Waals surface area contributed by atoms with Crippen molar-refractivity contribution in [1.82, 2.24) is 20.4 Å². The fourth-order valence-electron chi connectivity index (χ4n) is 4.35. The Kier molecular flexibility index (Phi) is 4.46. The van der Waals surface area contributed by atoms with Gasteiger partial charge < -0.3 is 0 Å². The van der Waals surface area contributed by atoms with Crippen LogP contribution in [0.2, 0.25) is 0 Å². The number of rotatable bonds is 4. The van der Waals surface area contributed by atoms with Crippen molar-refractivity contribution in [3.05, 3.63) is 100 Å². The number of hydrogen-bond donors (Lipinski definition) is 1. The molecule has 2 aromatic heterocycles. The van der Waals surface area contributed by atoms with Crippen molar-refractivity contribution < 1.29 is 14.5 Å². The summed E-state index contributed by atoms with van der Waals surface area (Å²) in [5.74, 6) is -1.51. The molecule has 0 radical (unpaired) electrons. The molecule has 5 aromatic rings. The van der Waals surface area contributed by atoms with Gasteiger partial charge in [-0.15, -0.1) is 10.2 Å². The summed E-state index contributed by atoms with van der Waals surface area (Å²) >= 11 is 0. The van der Waals surface area contributed by atoms with Gasteiger partial charge in [0, 0.05) is 17.2 Å². The topological polar surface area (TPSA) is 135 Å². The number of aromatic nitrogens is 4. The number of fused-ring (bicyclic) bond motifs is 2. The number of nitro groups is 1. The van der Waals surface area contributed by atoms with E-state index in [1.807, 2.05) is 60.7 Å². The highest BCUT2D eigenvalue weighted by Crippen LogP contribution is 2.42. The number of imide groups is 1. The largest absolute Gasteiger partial charge is 0.283 e. The first kappa shape index (κ1) is 20.4. The van der Waals surface area contributed by atoms with E-state index in [9.17, 15) is 19.7 Å². The van der Waals surface area contributed by atoms with Gasteiger partial charge in [-0.05, 0) is 11.6 Å². The molecule has 2 amide bonds. The van der Waals surface area contributed by atoms with Gasteiger partial charge in [-0.1, -0.05) is 66.7 Å². The average Bonchev–Trinajstić information content (AvgIpc) is 3.42. The van der Waals surface area contributed by atoms with E-state index in [2.05, 4.69) is 20.4 Å². The molecule has 1 aliphatic rings. The van der Waals surface area contributed by atoms with Crippen molar-refractivity contribution in [2.75, 3.05) is 4.90 Å². The maximum absolute atomic E-state index is 13.4. The van der Waals surface area contributed by atoms with Crippen molar-refractivity contribution in [2.24, 2.45) is 0 Å². The number of carbonyl (C=O) groups excluding carboxylic acids is 2. The van der Waals surface area contributed by atoms with Crippen molar-refractivity contribution in [3.8, 4) is 22.4 Å². The predicted molar refractivity (Wildman–Crippen MR) is 127 cm³/mol. The SMILES string of the molecule is O=C1c2cccc([N+](=O)[O-])c2C(=O)N1c1n[nH]c2nnc(-c3ccccc3)c(-c3ccccc3)c12. The second kappa shape index (κ2) is 7.66. The maximum Gasteiger partial charge on any atom is 0.283 e. The Hall–Kier alpha value is -5.25. The minimum absolute atomic E-state index is 0.00596. The fourth-order valence-corrected chi connectivity index (χ4v) is 4.35. The molecule has 1 aliphatic heterocycles. The molecule has 0 saturated heterocycles. The van der Waals surface area contributed by atoms with E-state index in [1.165, 1.54) is 18.2 Å². The van der Waals surface area contributed by atoms with Crippen LogP contribution in [0.15, 0.2) is 78.9 Å². The lowest BCUT2D eigenvalue weighted by Gasteiger charge is -2.14. The first-order chi connectivity index (χ1) is 17.1. The molecule has 35 heavy (non-hydrogen) atoms. The fraction of sp³-hybridized carbons (Fsp3) is 0. The Labute approximate surface area is 197 Å². The summed E-state index contributed by atoms with van der Waals surface area (Å²) in [4.78, 5) is 38.4. The van der Waals surface area contributed by atoms with Gasteiger partial charge in [0.1, 0.15) is 11.3 Å². The standard InChI is InChI=1S/C25H14N6O4/c32-24-16-12-7-13-17(31(34)35)19(16)25(33)30(24)23-20-18(14-8-3-1-4-9-14)21(15-10-5-2-6-11-15)26-27-22(20)28-29-23/h1-13H,(H,27,28,29). The highest BCUT2D eigenvalue weighted by molar-refractivity contribution is 6.37. The predicted octanol–water partition coefficient (Wildman–Crippen LogP) is 4.40. The van der Waals surface area contributed by atoms with Gasteiger partial charge in [0.05, 0.1) is 15.9 Å². The summed E-state index contributed by atoms with van der Waals surface area (Å²) in [5, 5.41) is 27.6. The number of H-pyrrole nitrogens is 1. The normalized spacial score (nSPS) is 12.9. The first-order valence-corrected chi connectivity index (χ1v) is 10.6. The van der Waals surface area contributed by atoms with Crippen LogP contribution >= 0.6 is 0 Å². The number of nitro benzene ring substituents is 1. The quantitative estimate of drug-likeness (QED) is 0.238. The monoisotopic (exact) mass is 462 g/mol. The molecule has 10 nitrogen and oxygen atoms in total. The van der Waals surface area contributed by atoms with Crippen molar-refractivity contribution >= 4 is 34.4 Å². The van der Waals surface area contributed by atoms with Crippen LogP contribution in [0.25, 0.3) is 33.4 Å². The Morgan fingerprint density at radius 2 is 1.46 bits per heavy atom. The number of nitrogens with one attached hydrogen (secondary N) is 1. The lowest BCUT2D eigenvalue weighted by molar-refractivity contribution is -0.385. The molecular weight excluding hydrogens is 448 g/mol. The molecule has 0 bridgehead atoms. The van der Waals surface area contributed by atoms with E-state index in [4.69, 9.17) is 0 Å². The maximum atomic E-state index is 13.4. The number of benzene rings is 3. The van der Waals surface area contributed by atoms with Gasteiger partial charge in [-0.25, -0.2) is 4.90 Å².